The quantitative estimate of drug-likeness (QED) is 0.303. The van der Waals surface area contributed by atoms with Crippen molar-refractivity contribution in [1.82, 2.24) is 25.6 Å². The molecule has 0 aliphatic heterocycles. The second-order valence-corrected chi connectivity index (χ2v) is 8.48. The number of carbonyl (C=O) groups is 2. The number of amides is 2. The first kappa shape index (κ1) is 22.5. The summed E-state index contributed by atoms with van der Waals surface area (Å²) < 4.78 is 7.57. The van der Waals surface area contributed by atoms with Crippen molar-refractivity contribution >= 4 is 29.3 Å². The summed E-state index contributed by atoms with van der Waals surface area (Å²) >= 11 is 1.23. The topological polar surface area (TPSA) is 145 Å². The second-order valence-electron chi connectivity index (χ2n) is 7.54. The van der Waals surface area contributed by atoms with E-state index in [0.717, 1.165) is 25.7 Å². The first-order valence-electron chi connectivity index (χ1n) is 10.5. The number of non-ortho nitro benzene ring substituents is 1. The van der Waals surface area contributed by atoms with E-state index in [1.807, 2.05) is 10.6 Å². The Kier molecular flexibility index (Phi) is 7.03. The molecule has 0 bridgehead atoms. The number of carbonyl (C=O) groups excluding carboxylic acids is 2. The minimum atomic E-state index is -0.575. The maximum absolute atomic E-state index is 12.3. The first-order valence-corrected chi connectivity index (χ1v) is 11.5. The van der Waals surface area contributed by atoms with Crippen molar-refractivity contribution in [3.05, 3.63) is 58.3 Å². The molecule has 1 aliphatic rings. The second kappa shape index (κ2) is 10.3. The minimum Gasteiger partial charge on any atom is -0.461 e. The Morgan fingerprint density at radius 3 is 2.55 bits per heavy atom. The zero-order valence-electron chi connectivity index (χ0n) is 17.6. The molecule has 1 aliphatic carbocycles. The molecular formula is C21H22N6O5S. The van der Waals surface area contributed by atoms with Gasteiger partial charge in [0.05, 0.1) is 16.9 Å². The lowest BCUT2D eigenvalue weighted by Gasteiger charge is -2.25. The summed E-state index contributed by atoms with van der Waals surface area (Å²) in [6.45, 7) is 0. The highest BCUT2D eigenvalue weighted by Gasteiger charge is 2.25. The van der Waals surface area contributed by atoms with E-state index in [1.54, 1.807) is 12.3 Å². The van der Waals surface area contributed by atoms with Crippen LogP contribution in [0.3, 0.4) is 0 Å². The number of nitrogens with zero attached hydrogens (tertiary/aromatic N) is 4. The molecular weight excluding hydrogens is 448 g/mol. The van der Waals surface area contributed by atoms with E-state index < -0.39 is 16.7 Å². The number of aromatic nitrogens is 3. The van der Waals surface area contributed by atoms with Crippen LogP contribution in [0.5, 0.6) is 0 Å². The zero-order valence-corrected chi connectivity index (χ0v) is 18.4. The van der Waals surface area contributed by atoms with E-state index in [4.69, 9.17) is 4.42 Å². The van der Waals surface area contributed by atoms with Gasteiger partial charge in [-0.3, -0.25) is 35.1 Å². The SMILES string of the molecule is O=C(CSc1nnc(-c2ccco2)n1C1CCCCC1)NNC(=O)c1ccc([N+](=O)[O-])cc1. The van der Waals surface area contributed by atoms with Gasteiger partial charge in [0.25, 0.3) is 11.6 Å². The maximum atomic E-state index is 12.3. The van der Waals surface area contributed by atoms with Crippen molar-refractivity contribution in [2.45, 2.75) is 43.3 Å². The molecule has 11 nitrogen and oxygen atoms in total. The molecule has 0 spiro atoms. The van der Waals surface area contributed by atoms with Gasteiger partial charge in [-0.2, -0.15) is 0 Å². The van der Waals surface area contributed by atoms with Crippen LogP contribution in [0.15, 0.2) is 52.2 Å². The molecule has 33 heavy (non-hydrogen) atoms. The van der Waals surface area contributed by atoms with E-state index in [9.17, 15) is 19.7 Å². The van der Waals surface area contributed by atoms with Gasteiger partial charge in [-0.25, -0.2) is 0 Å². The number of hydrogen-bond donors (Lipinski definition) is 2. The van der Waals surface area contributed by atoms with Gasteiger partial charge in [0.2, 0.25) is 11.7 Å². The summed E-state index contributed by atoms with van der Waals surface area (Å²) in [5.74, 6) is 0.284. The lowest BCUT2D eigenvalue weighted by molar-refractivity contribution is -0.384. The lowest BCUT2D eigenvalue weighted by atomic mass is 9.95. The molecule has 3 aromatic rings. The van der Waals surface area contributed by atoms with Crippen molar-refractivity contribution in [1.29, 1.82) is 0 Å². The summed E-state index contributed by atoms with van der Waals surface area (Å²) in [6, 6.07) is 8.94. The van der Waals surface area contributed by atoms with Crippen molar-refractivity contribution in [3.63, 3.8) is 0 Å². The molecule has 1 saturated carbocycles. The molecule has 12 heteroatoms. The number of nitro groups is 1. The van der Waals surface area contributed by atoms with E-state index in [1.165, 1.54) is 42.4 Å². The smallest absolute Gasteiger partial charge is 0.269 e. The molecule has 1 fully saturated rings. The predicted octanol–water partition coefficient (Wildman–Crippen LogP) is 3.50. The predicted molar refractivity (Wildman–Crippen MR) is 119 cm³/mol. The van der Waals surface area contributed by atoms with Crippen LogP contribution in [-0.4, -0.2) is 37.3 Å². The Bertz CT molecular complexity index is 1120. The largest absolute Gasteiger partial charge is 0.461 e. The van der Waals surface area contributed by atoms with Gasteiger partial charge < -0.3 is 4.42 Å². The molecule has 1 aromatic carbocycles. The Morgan fingerprint density at radius 1 is 1.12 bits per heavy atom. The number of hydrogen-bond acceptors (Lipinski definition) is 8. The fraction of sp³-hybridized carbons (Fsp3) is 0.333. The fourth-order valence-corrected chi connectivity index (χ4v) is 4.52. The average Bonchev–Trinajstić information content (AvgIpc) is 3.51. The molecule has 172 valence electrons. The van der Waals surface area contributed by atoms with Gasteiger partial charge in [0, 0.05) is 23.7 Å². The Morgan fingerprint density at radius 2 is 1.88 bits per heavy atom. The number of thioether (sulfide) groups is 1. The van der Waals surface area contributed by atoms with Crippen molar-refractivity contribution in [3.8, 4) is 11.6 Å². The van der Waals surface area contributed by atoms with Crippen LogP contribution < -0.4 is 10.9 Å². The van der Waals surface area contributed by atoms with Crippen LogP contribution in [0.2, 0.25) is 0 Å². The normalized spacial score (nSPS) is 14.1. The fourth-order valence-electron chi connectivity index (χ4n) is 3.72. The van der Waals surface area contributed by atoms with Gasteiger partial charge in [0.15, 0.2) is 10.9 Å². The van der Waals surface area contributed by atoms with E-state index in [0.29, 0.717) is 16.7 Å². The van der Waals surface area contributed by atoms with E-state index in [-0.39, 0.29) is 23.0 Å². The monoisotopic (exact) mass is 470 g/mol. The number of furan rings is 1. The van der Waals surface area contributed by atoms with Gasteiger partial charge >= 0.3 is 0 Å². The summed E-state index contributed by atoms with van der Waals surface area (Å²) in [6.07, 6.45) is 7.06. The van der Waals surface area contributed by atoms with E-state index >= 15 is 0 Å². The van der Waals surface area contributed by atoms with E-state index in [2.05, 4.69) is 21.0 Å². The minimum absolute atomic E-state index is 0.0174. The van der Waals surface area contributed by atoms with Crippen molar-refractivity contribution < 1.29 is 18.9 Å². The number of benzene rings is 1. The molecule has 2 amide bonds. The molecule has 0 radical (unpaired) electrons. The Hall–Kier alpha value is -3.67. The number of nitro benzene ring substituents is 1. The first-order chi connectivity index (χ1) is 16.0. The Balaban J connectivity index is 1.37. The molecule has 0 saturated heterocycles. The summed E-state index contributed by atoms with van der Waals surface area (Å²) in [5, 5.41) is 19.9. The van der Waals surface area contributed by atoms with Crippen LogP contribution in [0.4, 0.5) is 5.69 Å². The van der Waals surface area contributed by atoms with Crippen LogP contribution in [0.25, 0.3) is 11.6 Å². The van der Waals surface area contributed by atoms with Gasteiger partial charge in [-0.15, -0.1) is 10.2 Å². The standard InChI is InChI=1S/C21H22N6O5S/c28-18(22-24-20(29)14-8-10-16(11-9-14)27(30)31)13-33-21-25-23-19(17-7-4-12-32-17)26(21)15-5-2-1-3-6-15/h4,7-12,15H,1-3,5-6,13H2,(H,22,28)(H,24,29). The molecule has 2 aromatic heterocycles. The maximum Gasteiger partial charge on any atom is 0.269 e. The summed E-state index contributed by atoms with van der Waals surface area (Å²) in [5.41, 5.74) is 4.73. The average molecular weight is 471 g/mol. The van der Waals surface area contributed by atoms with Crippen molar-refractivity contribution in [2.24, 2.45) is 0 Å². The van der Waals surface area contributed by atoms with Crippen LogP contribution in [0, 0.1) is 10.1 Å². The third-order valence-electron chi connectivity index (χ3n) is 5.33. The van der Waals surface area contributed by atoms with Crippen LogP contribution >= 0.6 is 11.8 Å². The molecule has 0 atom stereocenters. The number of hydrazine groups is 1. The summed E-state index contributed by atoms with van der Waals surface area (Å²) in [7, 11) is 0. The zero-order chi connectivity index (χ0) is 23.2. The Labute approximate surface area is 193 Å². The third-order valence-corrected chi connectivity index (χ3v) is 6.28. The highest BCUT2D eigenvalue weighted by atomic mass is 32.2. The molecule has 0 unspecified atom stereocenters. The number of nitrogens with one attached hydrogen (secondary N) is 2. The molecule has 2 N–H and O–H groups in total. The van der Waals surface area contributed by atoms with Gasteiger partial charge in [-0.1, -0.05) is 31.0 Å². The lowest BCUT2D eigenvalue weighted by Crippen LogP contribution is -2.42. The van der Waals surface area contributed by atoms with Crippen LogP contribution in [0.1, 0.15) is 48.5 Å². The van der Waals surface area contributed by atoms with Crippen molar-refractivity contribution in [2.75, 3.05) is 5.75 Å². The van der Waals surface area contributed by atoms with Gasteiger partial charge in [-0.05, 0) is 37.1 Å². The molecule has 2 heterocycles. The molecule has 4 rings (SSSR count). The van der Waals surface area contributed by atoms with Gasteiger partial charge in [0.1, 0.15) is 0 Å². The van der Waals surface area contributed by atoms with Crippen LogP contribution in [-0.2, 0) is 4.79 Å². The number of rotatable bonds is 7. The third kappa shape index (κ3) is 5.40. The highest BCUT2D eigenvalue weighted by molar-refractivity contribution is 7.99. The summed E-state index contributed by atoms with van der Waals surface area (Å²) in [4.78, 5) is 34.6. The highest BCUT2D eigenvalue weighted by Crippen LogP contribution is 2.35.